The van der Waals surface area contributed by atoms with Crippen LogP contribution in [0, 0.1) is 18.8 Å². The Balaban J connectivity index is 3.65. The van der Waals surface area contributed by atoms with Gasteiger partial charge in [-0.1, -0.05) is 59.2 Å². The molecule has 0 fully saturated rings. The van der Waals surface area contributed by atoms with Crippen LogP contribution in [0.15, 0.2) is 18.2 Å². The zero-order valence-electron chi connectivity index (χ0n) is 25.2. The van der Waals surface area contributed by atoms with Crippen molar-refractivity contribution < 1.29 is 24.2 Å². The average Bonchev–Trinajstić information content (AvgIpc) is 2.79. The second-order valence-corrected chi connectivity index (χ2v) is 12.0. The van der Waals surface area contributed by atoms with Gasteiger partial charge in [-0.3, -0.25) is 9.59 Å². The van der Waals surface area contributed by atoms with E-state index in [0.29, 0.717) is 30.0 Å². The maximum Gasteiger partial charge on any atom is 0.408 e. The molecular weight excluding hydrogens is 482 g/mol. The number of ether oxygens (including phenoxy) is 1. The van der Waals surface area contributed by atoms with Crippen LogP contribution >= 0.6 is 0 Å². The molecule has 0 saturated heterocycles. The van der Waals surface area contributed by atoms with Gasteiger partial charge in [0.15, 0.2) is 0 Å². The van der Waals surface area contributed by atoms with E-state index in [1.54, 1.807) is 50.8 Å². The molecule has 0 aromatic heterocycles. The predicted octanol–water partition coefficient (Wildman–Crippen LogP) is 5.86. The van der Waals surface area contributed by atoms with Gasteiger partial charge in [-0.15, -0.1) is 0 Å². The maximum absolute atomic E-state index is 14.3. The Bertz CT molecular complexity index is 923. The summed E-state index contributed by atoms with van der Waals surface area (Å²) in [5.41, 5.74) is 0.250. The van der Waals surface area contributed by atoms with Crippen LogP contribution in [-0.4, -0.2) is 52.1 Å². The van der Waals surface area contributed by atoms with E-state index in [2.05, 4.69) is 24.5 Å². The highest BCUT2D eigenvalue weighted by Crippen LogP contribution is 2.34. The maximum atomic E-state index is 14.3. The number of carbonyl (C=O) groups is 3. The number of aromatic hydroxyl groups is 1. The lowest BCUT2D eigenvalue weighted by atomic mass is 9.93. The first-order valence-corrected chi connectivity index (χ1v) is 14.0. The summed E-state index contributed by atoms with van der Waals surface area (Å²) in [6.07, 6.45) is 2.52. The minimum Gasteiger partial charge on any atom is -0.507 e. The third-order valence-electron chi connectivity index (χ3n) is 6.42. The highest BCUT2D eigenvalue weighted by atomic mass is 16.6. The summed E-state index contributed by atoms with van der Waals surface area (Å²) in [6.45, 7) is 19.4. The lowest BCUT2D eigenvalue weighted by Crippen LogP contribution is -2.57. The monoisotopic (exact) mass is 533 g/mol. The zero-order valence-corrected chi connectivity index (χ0v) is 25.2. The Morgan fingerprint density at radius 2 is 1.68 bits per heavy atom. The third kappa shape index (κ3) is 10.2. The van der Waals surface area contributed by atoms with E-state index < -0.39 is 29.7 Å². The minimum atomic E-state index is -1.07. The van der Waals surface area contributed by atoms with Crippen molar-refractivity contribution in [3.8, 4) is 5.75 Å². The van der Waals surface area contributed by atoms with Crippen LogP contribution in [0.1, 0.15) is 105 Å². The molecule has 0 radical (unpaired) electrons. The number of benzene rings is 1. The van der Waals surface area contributed by atoms with Crippen LogP contribution in [0.4, 0.5) is 4.79 Å². The van der Waals surface area contributed by atoms with Crippen molar-refractivity contribution in [3.63, 3.8) is 0 Å². The fourth-order valence-corrected chi connectivity index (χ4v) is 4.23. The molecule has 3 unspecified atom stereocenters. The molecule has 3 N–H and O–H groups in total. The molecule has 0 heterocycles. The second-order valence-electron chi connectivity index (χ2n) is 12.0. The molecule has 0 bridgehead atoms. The predicted molar refractivity (Wildman–Crippen MR) is 152 cm³/mol. The number of para-hydroxylation sites is 1. The van der Waals surface area contributed by atoms with Crippen molar-refractivity contribution in [1.82, 2.24) is 15.5 Å². The lowest BCUT2D eigenvalue weighted by Gasteiger charge is -2.39. The number of hydrogen-bond acceptors (Lipinski definition) is 5. The fraction of sp³-hybridized carbons (Fsp3) is 0.700. The molecule has 3 atom stereocenters. The summed E-state index contributed by atoms with van der Waals surface area (Å²) in [4.78, 5) is 42.3. The van der Waals surface area contributed by atoms with Gasteiger partial charge in [0, 0.05) is 18.2 Å². The number of nitrogens with zero attached hydrogens (tertiary/aromatic N) is 1. The van der Waals surface area contributed by atoms with Gasteiger partial charge >= 0.3 is 6.09 Å². The molecule has 8 nitrogen and oxygen atoms in total. The number of phenols is 1. The van der Waals surface area contributed by atoms with Gasteiger partial charge < -0.3 is 25.4 Å². The summed E-state index contributed by atoms with van der Waals surface area (Å²) in [7, 11) is 0. The van der Waals surface area contributed by atoms with Crippen molar-refractivity contribution in [2.45, 2.75) is 119 Å². The van der Waals surface area contributed by atoms with Crippen LogP contribution in [0.5, 0.6) is 5.75 Å². The molecule has 38 heavy (non-hydrogen) atoms. The van der Waals surface area contributed by atoms with E-state index in [1.165, 1.54) is 0 Å². The number of aryl methyl sites for hydroxylation is 1. The molecule has 3 amide bonds. The number of alkyl carbamates (subject to hydrolysis) is 1. The Labute approximate surface area is 229 Å². The van der Waals surface area contributed by atoms with Crippen molar-refractivity contribution in [2.24, 2.45) is 11.8 Å². The molecule has 8 heteroatoms. The Morgan fingerprint density at radius 1 is 1.05 bits per heavy atom. The molecule has 1 aromatic rings. The number of rotatable bonds is 13. The first kappa shape index (κ1) is 33.3. The van der Waals surface area contributed by atoms with Crippen molar-refractivity contribution in [2.75, 3.05) is 6.54 Å². The van der Waals surface area contributed by atoms with E-state index in [1.807, 2.05) is 27.7 Å². The summed E-state index contributed by atoms with van der Waals surface area (Å²) in [5.74, 6) is -0.634. The quantitative estimate of drug-likeness (QED) is 0.275. The zero-order chi connectivity index (χ0) is 29.2. The molecule has 216 valence electrons. The van der Waals surface area contributed by atoms with Gasteiger partial charge in [0.1, 0.15) is 23.4 Å². The summed E-state index contributed by atoms with van der Waals surface area (Å²) < 4.78 is 5.44. The Hall–Kier alpha value is -2.77. The van der Waals surface area contributed by atoms with Gasteiger partial charge in [-0.25, -0.2) is 4.79 Å². The van der Waals surface area contributed by atoms with Crippen molar-refractivity contribution >= 4 is 17.9 Å². The molecule has 0 aliphatic rings. The molecule has 0 aliphatic heterocycles. The molecule has 1 rings (SSSR count). The normalized spacial score (nSPS) is 14.1. The number of amides is 3. The van der Waals surface area contributed by atoms with Gasteiger partial charge in [0.25, 0.3) is 0 Å². The highest BCUT2D eigenvalue weighted by molar-refractivity contribution is 5.93. The van der Waals surface area contributed by atoms with E-state index in [4.69, 9.17) is 4.74 Å². The number of hydrogen-bond donors (Lipinski definition) is 3. The topological polar surface area (TPSA) is 108 Å². The van der Waals surface area contributed by atoms with Gasteiger partial charge in [-0.2, -0.15) is 0 Å². The average molecular weight is 534 g/mol. The Morgan fingerprint density at radius 3 is 2.21 bits per heavy atom. The van der Waals surface area contributed by atoms with E-state index in [-0.39, 0.29) is 23.6 Å². The second kappa shape index (κ2) is 15.0. The van der Waals surface area contributed by atoms with E-state index in [0.717, 1.165) is 19.3 Å². The molecular formula is C30H51N3O5. The van der Waals surface area contributed by atoms with Crippen LogP contribution in [-0.2, 0) is 14.3 Å². The third-order valence-corrected chi connectivity index (χ3v) is 6.42. The van der Waals surface area contributed by atoms with E-state index >= 15 is 0 Å². The largest absolute Gasteiger partial charge is 0.507 e. The first-order chi connectivity index (χ1) is 17.6. The lowest BCUT2D eigenvalue weighted by molar-refractivity contribution is -0.146. The Kier molecular flexibility index (Phi) is 13.1. The molecule has 0 aliphatic carbocycles. The smallest absolute Gasteiger partial charge is 0.408 e. The summed E-state index contributed by atoms with van der Waals surface area (Å²) in [5, 5.41) is 16.8. The van der Waals surface area contributed by atoms with E-state index in [9.17, 15) is 19.5 Å². The number of nitrogens with one attached hydrogen (secondary N) is 2. The van der Waals surface area contributed by atoms with Gasteiger partial charge in [0.05, 0.1) is 0 Å². The standard InChI is InChI=1S/C30H51N3O5/c1-11-12-18-31-27(35)25(23-15-13-14-21(6)26(23)34)33(22(7)17-16-19(2)3)28(36)24(20(4)5)32-29(37)38-30(8,9)10/h13-15,19-20,22,24-25,34H,11-12,16-18H2,1-10H3,(H,31,35)(H,32,37). The molecule has 0 spiro atoms. The molecule has 0 saturated carbocycles. The summed E-state index contributed by atoms with van der Waals surface area (Å²) in [6, 6.07) is 2.89. The first-order valence-electron chi connectivity index (χ1n) is 14.0. The van der Waals surface area contributed by atoms with Crippen LogP contribution < -0.4 is 10.6 Å². The van der Waals surface area contributed by atoms with Crippen molar-refractivity contribution in [1.29, 1.82) is 0 Å². The van der Waals surface area contributed by atoms with Crippen LogP contribution in [0.3, 0.4) is 0 Å². The number of unbranched alkanes of at least 4 members (excludes halogenated alkanes) is 1. The summed E-state index contributed by atoms with van der Waals surface area (Å²) >= 11 is 0. The number of phenolic OH excluding ortho intramolecular Hbond substituents is 1. The highest BCUT2D eigenvalue weighted by Gasteiger charge is 2.40. The SMILES string of the molecule is CCCCNC(=O)C(c1cccc(C)c1O)N(C(=O)C(NC(=O)OC(C)(C)C)C(C)C)C(C)CCC(C)C. The van der Waals surface area contributed by atoms with Crippen LogP contribution in [0.2, 0.25) is 0 Å². The minimum absolute atomic E-state index is 0.0156. The fourth-order valence-electron chi connectivity index (χ4n) is 4.23. The van der Waals surface area contributed by atoms with Gasteiger partial charge in [0.2, 0.25) is 11.8 Å². The van der Waals surface area contributed by atoms with Crippen molar-refractivity contribution in [3.05, 3.63) is 29.3 Å². The van der Waals surface area contributed by atoms with Gasteiger partial charge in [-0.05, 0) is 71.3 Å². The molecule has 1 aromatic carbocycles. The number of carbonyl (C=O) groups excluding carboxylic acids is 3. The van der Waals surface area contributed by atoms with Crippen LogP contribution in [0.25, 0.3) is 0 Å².